The van der Waals surface area contributed by atoms with Gasteiger partial charge in [-0.3, -0.25) is 4.79 Å². The molecule has 0 radical (unpaired) electrons. The average molecular weight is 307 g/mol. The highest BCUT2D eigenvalue weighted by Gasteiger charge is 2.40. The highest BCUT2D eigenvalue weighted by molar-refractivity contribution is 5.94. The molecule has 2 aliphatic heterocycles. The van der Waals surface area contributed by atoms with Crippen LogP contribution in [0.3, 0.4) is 0 Å². The van der Waals surface area contributed by atoms with E-state index in [0.29, 0.717) is 12.3 Å². The van der Waals surface area contributed by atoms with E-state index >= 15 is 0 Å². The Labute approximate surface area is 133 Å². The second kappa shape index (κ2) is 6.57. The zero-order chi connectivity index (χ0) is 15.6. The third-order valence-electron chi connectivity index (χ3n) is 5.52. The van der Waals surface area contributed by atoms with Crippen LogP contribution in [0.2, 0.25) is 0 Å². The summed E-state index contributed by atoms with van der Waals surface area (Å²) in [5, 5.41) is 6.99. The van der Waals surface area contributed by atoms with Gasteiger partial charge in [-0.15, -0.1) is 0 Å². The minimum atomic E-state index is -0.797. The topological polar surface area (TPSA) is 53.9 Å². The molecule has 2 fully saturated rings. The summed E-state index contributed by atoms with van der Waals surface area (Å²) in [6.45, 7) is 6.89. The van der Waals surface area contributed by atoms with Gasteiger partial charge in [-0.1, -0.05) is 18.0 Å². The standard InChI is InChI=1S/C17H29N3O2/c1-13-11-17(2,22-19-13)16(21)18-12-14-7-9-20(10-8-14)15-5-3-4-6-15/h14-15H,3-12H2,1-2H3,(H,18,21). The Kier molecular flexibility index (Phi) is 4.71. The molecule has 1 N–H and O–H groups in total. The van der Waals surface area contributed by atoms with Crippen molar-refractivity contribution in [2.45, 2.75) is 70.4 Å². The lowest BCUT2D eigenvalue weighted by Gasteiger charge is -2.36. The van der Waals surface area contributed by atoms with E-state index in [1.54, 1.807) is 0 Å². The molecular weight excluding hydrogens is 278 g/mol. The van der Waals surface area contributed by atoms with Crippen LogP contribution in [0.4, 0.5) is 0 Å². The third-order valence-corrected chi connectivity index (χ3v) is 5.52. The molecule has 1 atom stereocenters. The van der Waals surface area contributed by atoms with Gasteiger partial charge in [0.05, 0.1) is 5.71 Å². The fourth-order valence-corrected chi connectivity index (χ4v) is 4.07. The monoisotopic (exact) mass is 307 g/mol. The molecule has 0 aromatic carbocycles. The van der Waals surface area contributed by atoms with Gasteiger partial charge < -0.3 is 15.1 Å². The number of rotatable bonds is 4. The summed E-state index contributed by atoms with van der Waals surface area (Å²) in [6.07, 6.45) is 8.57. The number of carbonyl (C=O) groups excluding carboxylic acids is 1. The Hall–Kier alpha value is -1.10. The molecule has 1 saturated carbocycles. The van der Waals surface area contributed by atoms with E-state index < -0.39 is 5.60 Å². The second-order valence-electron chi connectivity index (χ2n) is 7.45. The largest absolute Gasteiger partial charge is 0.379 e. The normalized spacial score (nSPS) is 31.1. The van der Waals surface area contributed by atoms with E-state index in [0.717, 1.165) is 18.3 Å². The van der Waals surface area contributed by atoms with Crippen molar-refractivity contribution in [1.82, 2.24) is 10.2 Å². The van der Waals surface area contributed by atoms with Crippen LogP contribution in [0.15, 0.2) is 5.16 Å². The Bertz CT molecular complexity index is 437. The summed E-state index contributed by atoms with van der Waals surface area (Å²) < 4.78 is 0. The average Bonchev–Trinajstić information content (AvgIpc) is 3.16. The number of hydrogen-bond donors (Lipinski definition) is 1. The minimum absolute atomic E-state index is 0.0219. The Morgan fingerprint density at radius 2 is 2.00 bits per heavy atom. The molecule has 2 heterocycles. The lowest BCUT2D eigenvalue weighted by Crippen LogP contribution is -2.48. The number of carbonyl (C=O) groups is 1. The fraction of sp³-hybridized carbons (Fsp3) is 0.882. The highest BCUT2D eigenvalue weighted by atomic mass is 16.7. The molecule has 3 aliphatic rings. The van der Waals surface area contributed by atoms with Crippen LogP contribution in [0, 0.1) is 5.92 Å². The van der Waals surface area contributed by atoms with E-state index in [-0.39, 0.29) is 5.91 Å². The fourth-order valence-electron chi connectivity index (χ4n) is 4.07. The van der Waals surface area contributed by atoms with Crippen LogP contribution in [-0.2, 0) is 9.63 Å². The van der Waals surface area contributed by atoms with Crippen LogP contribution in [0.25, 0.3) is 0 Å². The maximum atomic E-state index is 12.3. The van der Waals surface area contributed by atoms with Gasteiger partial charge in [0.2, 0.25) is 5.60 Å². The number of nitrogens with one attached hydrogen (secondary N) is 1. The van der Waals surface area contributed by atoms with Crippen LogP contribution in [0.1, 0.15) is 58.8 Å². The Morgan fingerprint density at radius 3 is 2.59 bits per heavy atom. The van der Waals surface area contributed by atoms with Gasteiger partial charge in [0.1, 0.15) is 0 Å². The van der Waals surface area contributed by atoms with Crippen LogP contribution in [0.5, 0.6) is 0 Å². The quantitative estimate of drug-likeness (QED) is 0.867. The SMILES string of the molecule is CC1=NOC(C)(C(=O)NCC2CCN(C3CCCC3)CC2)C1. The molecule has 0 aromatic rings. The van der Waals surface area contributed by atoms with E-state index in [1.165, 1.54) is 51.6 Å². The molecule has 1 amide bonds. The van der Waals surface area contributed by atoms with Crippen molar-refractivity contribution >= 4 is 11.6 Å². The first-order chi connectivity index (χ1) is 10.6. The van der Waals surface area contributed by atoms with Crippen LogP contribution >= 0.6 is 0 Å². The van der Waals surface area contributed by atoms with Gasteiger partial charge in [-0.25, -0.2) is 0 Å². The van der Waals surface area contributed by atoms with Gasteiger partial charge in [-0.2, -0.15) is 0 Å². The van der Waals surface area contributed by atoms with Gasteiger partial charge in [-0.05, 0) is 58.5 Å². The number of nitrogens with zero attached hydrogens (tertiary/aromatic N) is 2. The summed E-state index contributed by atoms with van der Waals surface area (Å²) in [6, 6.07) is 0.835. The summed E-state index contributed by atoms with van der Waals surface area (Å²) in [5.74, 6) is 0.583. The summed E-state index contributed by atoms with van der Waals surface area (Å²) in [5.41, 5.74) is 0.0942. The summed E-state index contributed by atoms with van der Waals surface area (Å²) in [7, 11) is 0. The molecule has 1 unspecified atom stereocenters. The second-order valence-corrected chi connectivity index (χ2v) is 7.45. The Balaban J connectivity index is 1.39. The molecule has 0 bridgehead atoms. The maximum Gasteiger partial charge on any atom is 0.267 e. The molecule has 1 saturated heterocycles. The molecule has 3 rings (SSSR count). The number of piperidine rings is 1. The first-order valence-electron chi connectivity index (χ1n) is 8.81. The van der Waals surface area contributed by atoms with Crippen molar-refractivity contribution in [3.8, 4) is 0 Å². The van der Waals surface area contributed by atoms with E-state index in [1.807, 2.05) is 13.8 Å². The van der Waals surface area contributed by atoms with Gasteiger partial charge in [0.25, 0.3) is 5.91 Å². The first kappa shape index (κ1) is 15.8. The van der Waals surface area contributed by atoms with E-state index in [4.69, 9.17) is 4.84 Å². The third kappa shape index (κ3) is 3.45. The van der Waals surface area contributed by atoms with Crippen molar-refractivity contribution in [3.63, 3.8) is 0 Å². The van der Waals surface area contributed by atoms with Crippen molar-refractivity contribution in [2.24, 2.45) is 11.1 Å². The van der Waals surface area contributed by atoms with Crippen molar-refractivity contribution in [3.05, 3.63) is 0 Å². The minimum Gasteiger partial charge on any atom is -0.379 e. The van der Waals surface area contributed by atoms with E-state index in [9.17, 15) is 4.79 Å². The van der Waals surface area contributed by atoms with Crippen LogP contribution < -0.4 is 5.32 Å². The van der Waals surface area contributed by atoms with Crippen molar-refractivity contribution < 1.29 is 9.63 Å². The molecule has 0 spiro atoms. The zero-order valence-electron chi connectivity index (χ0n) is 13.9. The number of oxime groups is 1. The molecule has 0 aromatic heterocycles. The number of hydrogen-bond acceptors (Lipinski definition) is 4. The lowest BCUT2D eigenvalue weighted by molar-refractivity contribution is -0.142. The molecular formula is C17H29N3O2. The van der Waals surface area contributed by atoms with Crippen LogP contribution in [-0.4, -0.2) is 47.8 Å². The van der Waals surface area contributed by atoms with Gasteiger partial charge in [0, 0.05) is 19.0 Å². The predicted molar refractivity (Wildman–Crippen MR) is 86.8 cm³/mol. The lowest BCUT2D eigenvalue weighted by atomic mass is 9.94. The van der Waals surface area contributed by atoms with Gasteiger partial charge in [0.15, 0.2) is 0 Å². The first-order valence-corrected chi connectivity index (χ1v) is 8.81. The van der Waals surface area contributed by atoms with Gasteiger partial charge >= 0.3 is 0 Å². The summed E-state index contributed by atoms with van der Waals surface area (Å²) in [4.78, 5) is 20.3. The van der Waals surface area contributed by atoms with Crippen molar-refractivity contribution in [2.75, 3.05) is 19.6 Å². The van der Waals surface area contributed by atoms with Crippen molar-refractivity contribution in [1.29, 1.82) is 0 Å². The molecule has 124 valence electrons. The number of likely N-dealkylation sites (tertiary alicyclic amines) is 1. The maximum absolute atomic E-state index is 12.3. The molecule has 5 nitrogen and oxygen atoms in total. The molecule has 5 heteroatoms. The summed E-state index contributed by atoms with van der Waals surface area (Å²) >= 11 is 0. The van der Waals surface area contributed by atoms with E-state index in [2.05, 4.69) is 15.4 Å². The predicted octanol–water partition coefficient (Wildman–Crippen LogP) is 2.31. The Morgan fingerprint density at radius 1 is 1.32 bits per heavy atom. The molecule has 1 aliphatic carbocycles. The zero-order valence-corrected chi connectivity index (χ0v) is 13.9. The highest BCUT2D eigenvalue weighted by Crippen LogP contribution is 2.28. The smallest absolute Gasteiger partial charge is 0.267 e. The molecule has 22 heavy (non-hydrogen) atoms. The number of amides is 1.